The van der Waals surface area contributed by atoms with E-state index in [1.54, 1.807) is 24.3 Å². The van der Waals surface area contributed by atoms with Gasteiger partial charge in [0.2, 0.25) is 11.4 Å². The van der Waals surface area contributed by atoms with Gasteiger partial charge >= 0.3 is 5.97 Å². The Balaban J connectivity index is 0.000000327. The number of aromatic carboxylic acids is 1. The Hall–Kier alpha value is -7.96. The number of carboxylic acid groups (broad SMARTS) is 1. The molecule has 0 spiro atoms. The number of fused-ring (bicyclic) bond motifs is 8. The van der Waals surface area contributed by atoms with Crippen LogP contribution in [0.25, 0.3) is 28.3 Å². The lowest BCUT2D eigenvalue weighted by Crippen LogP contribution is -3.00. The molecule has 7 aromatic carbocycles. The summed E-state index contributed by atoms with van der Waals surface area (Å²) in [6, 6.07) is 50.7. The van der Waals surface area contributed by atoms with Crippen molar-refractivity contribution in [2.24, 2.45) is 0 Å². The van der Waals surface area contributed by atoms with Crippen LogP contribution in [-0.4, -0.2) is 57.0 Å². The van der Waals surface area contributed by atoms with Gasteiger partial charge in [0.05, 0.1) is 16.4 Å². The summed E-state index contributed by atoms with van der Waals surface area (Å²) in [6.45, 7) is 26.8. The fraction of sp³-hybridized carbons (Fsp3) is 0.354. The maximum atomic E-state index is 13.8. The van der Waals surface area contributed by atoms with Gasteiger partial charge in [-0.05, 0) is 151 Å². The fourth-order valence-electron chi connectivity index (χ4n) is 14.9. The smallest absolute Gasteiger partial charge is 0.335 e. The Bertz CT molecular complexity index is 4060. The van der Waals surface area contributed by atoms with Gasteiger partial charge in [-0.1, -0.05) is 184 Å². The number of halogens is 1. The van der Waals surface area contributed by atoms with E-state index in [-0.39, 0.29) is 68.5 Å². The quantitative estimate of drug-likeness (QED) is 0.0223. The third kappa shape index (κ3) is 12.4. The van der Waals surface area contributed by atoms with Crippen molar-refractivity contribution < 1.29 is 62.5 Å². The monoisotopic (exact) mass is 1340 g/mol. The van der Waals surface area contributed by atoms with Gasteiger partial charge in [0.25, 0.3) is 6.47 Å². The molecular weight excluding hydrogens is 1250 g/mol. The van der Waals surface area contributed by atoms with Crippen LogP contribution in [-0.2, 0) is 31.2 Å². The Morgan fingerprint density at radius 2 is 1.02 bits per heavy atom. The average molecular weight is 1340 g/mol. The zero-order valence-electron chi connectivity index (χ0n) is 55.8. The molecule has 0 aromatic heterocycles. The minimum atomic E-state index is -0.982. The molecule has 0 saturated carbocycles. The molecule has 1 N–H and O–H groups in total. The molecular formula is C82H90IN3O6. The number of hydrogen-bond acceptors (Lipinski definition) is 6. The number of hydrogen-bond donors (Lipinski definition) is 1. The number of carbonyl (C=O) groups excluding carboxylic acids is 2. The van der Waals surface area contributed by atoms with Gasteiger partial charge in [-0.15, -0.1) is 0 Å². The Kier molecular flexibility index (Phi) is 19.9. The molecule has 10 heteroatoms. The van der Waals surface area contributed by atoms with Crippen molar-refractivity contribution in [3.63, 3.8) is 0 Å². The summed E-state index contributed by atoms with van der Waals surface area (Å²) in [7, 11) is 0. The van der Waals surface area contributed by atoms with Crippen LogP contribution in [0.1, 0.15) is 203 Å². The zero-order valence-corrected chi connectivity index (χ0v) is 57.9. The first-order valence-corrected chi connectivity index (χ1v) is 33.3. The Morgan fingerprint density at radius 3 is 1.57 bits per heavy atom. The molecule has 0 fully saturated rings. The molecule has 0 radical (unpaired) electrons. The summed E-state index contributed by atoms with van der Waals surface area (Å²) in [5.74, 6) is -0.907. The van der Waals surface area contributed by atoms with Crippen molar-refractivity contribution in [1.82, 2.24) is 0 Å². The van der Waals surface area contributed by atoms with E-state index in [4.69, 9.17) is 4.74 Å². The number of anilines is 3. The predicted octanol–water partition coefficient (Wildman–Crippen LogP) is 16.0. The molecule has 92 heavy (non-hydrogen) atoms. The van der Waals surface area contributed by atoms with Crippen molar-refractivity contribution in [1.29, 1.82) is 0 Å². The Labute approximate surface area is 563 Å². The molecule has 7 aromatic rings. The highest BCUT2D eigenvalue weighted by Gasteiger charge is 2.47. The average Bonchev–Trinajstić information content (AvgIpc) is 1.73. The van der Waals surface area contributed by atoms with Crippen LogP contribution in [0.3, 0.4) is 0 Å². The minimum absolute atomic E-state index is 0. The van der Waals surface area contributed by atoms with Gasteiger partial charge in [-0.2, -0.15) is 9.15 Å². The highest BCUT2D eigenvalue weighted by atomic mass is 127. The minimum Gasteiger partial charge on any atom is -1.00 e. The number of allylic oxidation sites excluding steroid dienone is 4. The number of benzene rings is 7. The number of carboxylic acids is 1. The van der Waals surface area contributed by atoms with Gasteiger partial charge in [0.1, 0.15) is 18.8 Å². The van der Waals surface area contributed by atoms with Gasteiger partial charge in [0, 0.05) is 88.1 Å². The first kappa shape index (κ1) is 66.9. The molecule has 3 aliphatic carbocycles. The standard InChI is InChI=1S/C62H60N2O4.C20H30NO2.HI/c1-8-9-10-11-12-17-34-63-55-33-25-40(59(67)68)35-54(55)62(6,7)56(63)38-49-57(65)48(58(49)66)30-24-39-22-26-41(27-23-39)64(42-28-31-46-44-18-13-15-20-50(44)60(2,3)52(46)36-42)43-29-32-47-45-19-14-16-21-51(45)61(4,5)53(47)37-43;1-5-6-7-8-9-10-13-21-16(2)20(3,4)18-14-17(23-15-22)11-12-19(18)21;/h13-16,18-33,35-38H,8-12,17,34H2,1-7H3,(H-,65,66,67,68);11-12,14-15H,5-10,13H2,1-4H3;1H/q;+1;/p-1. The van der Waals surface area contributed by atoms with Crippen LogP contribution < -0.4 is 38.7 Å². The molecule has 2 heterocycles. The number of nitrogens with zero attached hydrogens (tertiary/aromatic N) is 3. The lowest BCUT2D eigenvalue weighted by Gasteiger charge is -2.30. The topological polar surface area (TPSA) is 113 Å². The predicted molar refractivity (Wildman–Crippen MR) is 370 cm³/mol. The molecule has 5 aliphatic rings. The van der Waals surface area contributed by atoms with E-state index in [1.165, 1.54) is 119 Å². The molecule has 0 unspecified atom stereocenters. The van der Waals surface area contributed by atoms with Gasteiger partial charge in [-0.3, -0.25) is 9.59 Å². The molecule has 9 nitrogen and oxygen atoms in total. The first-order chi connectivity index (χ1) is 43.6. The van der Waals surface area contributed by atoms with Gasteiger partial charge in [-0.25, -0.2) is 4.79 Å². The highest BCUT2D eigenvalue weighted by Crippen LogP contribution is 2.54. The molecule has 0 amide bonds. The number of carbonyl (C=O) groups is 3. The third-order valence-corrected chi connectivity index (χ3v) is 20.5. The fourth-order valence-corrected chi connectivity index (χ4v) is 14.9. The molecule has 2 aliphatic heterocycles. The Morgan fingerprint density at radius 1 is 0.533 bits per heavy atom. The maximum Gasteiger partial charge on any atom is 0.335 e. The van der Waals surface area contributed by atoms with Crippen molar-refractivity contribution in [2.45, 2.75) is 175 Å². The number of ketones is 1. The van der Waals surface area contributed by atoms with E-state index in [9.17, 15) is 24.6 Å². The van der Waals surface area contributed by atoms with Crippen molar-refractivity contribution in [3.05, 3.63) is 219 Å². The van der Waals surface area contributed by atoms with Crippen LogP contribution >= 0.6 is 0 Å². The van der Waals surface area contributed by atoms with E-state index in [0.29, 0.717) is 12.2 Å². The van der Waals surface area contributed by atoms with E-state index in [1.807, 2.05) is 50.3 Å². The van der Waals surface area contributed by atoms with Crippen molar-refractivity contribution >= 4 is 64.2 Å². The lowest BCUT2D eigenvalue weighted by molar-refractivity contribution is -0.439. The second-order valence-electron chi connectivity index (χ2n) is 27.7. The zero-order chi connectivity index (χ0) is 64.6. The summed E-state index contributed by atoms with van der Waals surface area (Å²) < 4.78 is 9.66. The van der Waals surface area contributed by atoms with Crippen LogP contribution in [0.2, 0.25) is 0 Å². The highest BCUT2D eigenvalue weighted by molar-refractivity contribution is 6.24. The summed E-state index contributed by atoms with van der Waals surface area (Å²) in [6.07, 6.45) is 19.9. The number of Topliss-reactive ketones (excluding diaryl/α,β-unsaturated/α-hetero) is 1. The molecule has 476 valence electrons. The molecule has 0 bridgehead atoms. The first-order valence-electron chi connectivity index (χ1n) is 33.3. The van der Waals surface area contributed by atoms with Gasteiger partial charge in [0.15, 0.2) is 17.2 Å². The molecule has 0 saturated heterocycles. The summed E-state index contributed by atoms with van der Waals surface area (Å²) >= 11 is 0. The van der Waals surface area contributed by atoms with Crippen LogP contribution in [0.5, 0.6) is 5.75 Å². The number of ether oxygens (including phenoxy) is 1. The van der Waals surface area contributed by atoms with Crippen LogP contribution in [0, 0.1) is 0 Å². The maximum absolute atomic E-state index is 13.8. The molecule has 12 rings (SSSR count). The summed E-state index contributed by atoms with van der Waals surface area (Å²) in [4.78, 5) is 38.7. The normalized spacial score (nSPS) is 16.7. The van der Waals surface area contributed by atoms with E-state index >= 15 is 0 Å². The van der Waals surface area contributed by atoms with Crippen molar-refractivity contribution in [2.75, 3.05) is 18.0 Å². The second-order valence-corrected chi connectivity index (χ2v) is 27.7. The van der Waals surface area contributed by atoms with Gasteiger partial charge < -0.3 is 43.8 Å². The van der Waals surface area contributed by atoms with E-state index in [0.717, 1.165) is 71.9 Å². The van der Waals surface area contributed by atoms with Crippen LogP contribution in [0.4, 0.5) is 28.4 Å². The van der Waals surface area contributed by atoms with E-state index in [2.05, 4.69) is 179 Å². The number of unbranched alkanes of at least 4 members (excludes halogenated alkanes) is 10. The van der Waals surface area contributed by atoms with Crippen molar-refractivity contribution in [3.8, 4) is 28.0 Å². The second kappa shape index (κ2) is 27.3. The largest absolute Gasteiger partial charge is 1.00 e. The lowest BCUT2D eigenvalue weighted by atomic mass is 9.78. The summed E-state index contributed by atoms with van der Waals surface area (Å²) in [5, 5.41) is 23.7. The third-order valence-electron chi connectivity index (χ3n) is 20.5. The number of rotatable bonds is 23. The van der Waals surface area contributed by atoms with E-state index < -0.39 is 11.4 Å². The SMILES string of the molecule is CCCCCCCC[N+]1=C(C)C(C)(C)c2cc(OC=O)ccc21.CCCCCCCC[N+]1=C(C=C2C(=O)C(/C=C/c3ccc(N(c4ccc5c(c4)C(C)(C)c4ccccc4-5)c4ccc5c(c4)C(C)(C)c4ccccc4-5)cc3)=C2[O-])C(C)(C)c2cc(C(=O)O)ccc21.[I-]. The van der Waals surface area contributed by atoms with Crippen LogP contribution in [0.15, 0.2) is 175 Å². The molecule has 0 atom stereocenters. The summed E-state index contributed by atoms with van der Waals surface area (Å²) in [5.41, 5.74) is 20.5.